The summed E-state index contributed by atoms with van der Waals surface area (Å²) < 4.78 is 11.1. The van der Waals surface area contributed by atoms with Crippen molar-refractivity contribution >= 4 is 11.6 Å². The van der Waals surface area contributed by atoms with Gasteiger partial charge in [0.1, 0.15) is 11.9 Å². The van der Waals surface area contributed by atoms with Gasteiger partial charge < -0.3 is 15.2 Å². The third-order valence-electron chi connectivity index (χ3n) is 2.64. The maximum atomic E-state index is 5.94. The van der Waals surface area contributed by atoms with Crippen molar-refractivity contribution in [1.82, 2.24) is 0 Å². The molecule has 1 aliphatic heterocycles. The summed E-state index contributed by atoms with van der Waals surface area (Å²) in [5.41, 5.74) is 6.83. The second-order valence-corrected chi connectivity index (χ2v) is 4.51. The van der Waals surface area contributed by atoms with E-state index in [0.29, 0.717) is 11.6 Å². The van der Waals surface area contributed by atoms with E-state index >= 15 is 0 Å². The second-order valence-electron chi connectivity index (χ2n) is 4.07. The molecule has 0 amide bonds. The van der Waals surface area contributed by atoms with Gasteiger partial charge in [-0.1, -0.05) is 11.6 Å². The van der Waals surface area contributed by atoms with Gasteiger partial charge >= 0.3 is 0 Å². The van der Waals surface area contributed by atoms with Gasteiger partial charge in [0.25, 0.3) is 0 Å². The van der Waals surface area contributed by atoms with Gasteiger partial charge in [-0.3, -0.25) is 0 Å². The minimum atomic E-state index is -0.0870. The van der Waals surface area contributed by atoms with E-state index in [9.17, 15) is 0 Å². The molecule has 88 valence electrons. The van der Waals surface area contributed by atoms with Crippen LogP contribution in [0.5, 0.6) is 5.75 Å². The molecule has 16 heavy (non-hydrogen) atoms. The summed E-state index contributed by atoms with van der Waals surface area (Å²) in [4.78, 5) is 0. The van der Waals surface area contributed by atoms with Gasteiger partial charge in [-0.05, 0) is 25.1 Å². The number of hydrogen-bond donors (Lipinski definition) is 1. The van der Waals surface area contributed by atoms with E-state index in [0.717, 1.165) is 24.3 Å². The van der Waals surface area contributed by atoms with Crippen LogP contribution in [0, 0.1) is 0 Å². The van der Waals surface area contributed by atoms with Crippen LogP contribution in [-0.4, -0.2) is 19.3 Å². The first-order chi connectivity index (χ1) is 7.66. The van der Waals surface area contributed by atoms with E-state index in [4.69, 9.17) is 26.8 Å². The standard InChI is InChI=1S/C12H16ClNO2/c1-8(14)11-6-9(13)2-3-12(11)16-10-4-5-15-7-10/h2-3,6,8,10H,4-5,7,14H2,1H3. The maximum absolute atomic E-state index is 5.94. The molecule has 1 saturated heterocycles. The number of nitrogens with two attached hydrogens (primary N) is 1. The van der Waals surface area contributed by atoms with Gasteiger partial charge in [0, 0.05) is 23.0 Å². The zero-order chi connectivity index (χ0) is 11.5. The summed E-state index contributed by atoms with van der Waals surface area (Å²) in [5, 5.41) is 0.683. The molecule has 0 aromatic heterocycles. The molecule has 2 N–H and O–H groups in total. The van der Waals surface area contributed by atoms with Crippen LogP contribution in [0.2, 0.25) is 5.02 Å². The lowest BCUT2D eigenvalue weighted by atomic mass is 10.1. The molecule has 2 unspecified atom stereocenters. The molecule has 0 spiro atoms. The van der Waals surface area contributed by atoms with Gasteiger partial charge in [0.15, 0.2) is 0 Å². The second kappa shape index (κ2) is 5.04. The van der Waals surface area contributed by atoms with E-state index in [1.807, 2.05) is 25.1 Å². The molecular formula is C12H16ClNO2. The molecule has 0 radical (unpaired) electrons. The Morgan fingerprint density at radius 1 is 1.56 bits per heavy atom. The molecule has 1 aliphatic rings. The smallest absolute Gasteiger partial charge is 0.124 e. The van der Waals surface area contributed by atoms with Gasteiger partial charge in [0.2, 0.25) is 0 Å². The molecule has 0 saturated carbocycles. The fraction of sp³-hybridized carbons (Fsp3) is 0.500. The molecule has 1 aromatic carbocycles. The Hall–Kier alpha value is -0.770. The molecule has 1 heterocycles. The molecule has 2 rings (SSSR count). The molecule has 2 atom stereocenters. The van der Waals surface area contributed by atoms with E-state index in [-0.39, 0.29) is 12.1 Å². The normalized spacial score (nSPS) is 22.1. The Labute approximate surface area is 100 Å². The summed E-state index contributed by atoms with van der Waals surface area (Å²) in [7, 11) is 0. The highest BCUT2D eigenvalue weighted by Crippen LogP contribution is 2.29. The highest BCUT2D eigenvalue weighted by Gasteiger charge is 2.19. The minimum absolute atomic E-state index is 0.0870. The summed E-state index contributed by atoms with van der Waals surface area (Å²) in [6, 6.07) is 5.46. The Morgan fingerprint density at radius 2 is 2.38 bits per heavy atom. The van der Waals surface area contributed by atoms with E-state index in [1.165, 1.54) is 0 Å². The quantitative estimate of drug-likeness (QED) is 0.885. The predicted molar refractivity (Wildman–Crippen MR) is 63.9 cm³/mol. The Kier molecular flexibility index (Phi) is 3.69. The summed E-state index contributed by atoms with van der Waals surface area (Å²) in [6.07, 6.45) is 1.07. The number of halogens is 1. The molecule has 0 aliphatic carbocycles. The van der Waals surface area contributed by atoms with Crippen LogP contribution in [0.4, 0.5) is 0 Å². The SMILES string of the molecule is CC(N)c1cc(Cl)ccc1OC1CCOC1. The van der Waals surface area contributed by atoms with Crippen LogP contribution >= 0.6 is 11.6 Å². The Morgan fingerprint density at radius 3 is 3.00 bits per heavy atom. The van der Waals surface area contributed by atoms with Crippen molar-refractivity contribution in [2.75, 3.05) is 13.2 Å². The van der Waals surface area contributed by atoms with Crippen molar-refractivity contribution in [1.29, 1.82) is 0 Å². The van der Waals surface area contributed by atoms with E-state index in [2.05, 4.69) is 0 Å². The topological polar surface area (TPSA) is 44.5 Å². The molecule has 4 heteroatoms. The highest BCUT2D eigenvalue weighted by molar-refractivity contribution is 6.30. The van der Waals surface area contributed by atoms with Crippen LogP contribution in [0.1, 0.15) is 24.9 Å². The maximum Gasteiger partial charge on any atom is 0.124 e. The van der Waals surface area contributed by atoms with Crippen LogP contribution in [0.25, 0.3) is 0 Å². The molecule has 0 bridgehead atoms. The van der Waals surface area contributed by atoms with Gasteiger partial charge in [0.05, 0.1) is 13.2 Å². The first-order valence-electron chi connectivity index (χ1n) is 5.46. The predicted octanol–water partition coefficient (Wildman–Crippen LogP) is 2.53. The largest absolute Gasteiger partial charge is 0.488 e. The summed E-state index contributed by atoms with van der Waals surface area (Å²) >= 11 is 5.94. The minimum Gasteiger partial charge on any atom is -0.488 e. The Bertz CT molecular complexity index is 362. The van der Waals surface area contributed by atoms with Crippen molar-refractivity contribution in [3.8, 4) is 5.75 Å². The summed E-state index contributed by atoms with van der Waals surface area (Å²) in [6.45, 7) is 3.34. The van der Waals surface area contributed by atoms with Crippen LogP contribution in [0.15, 0.2) is 18.2 Å². The first kappa shape index (κ1) is 11.7. The zero-order valence-electron chi connectivity index (χ0n) is 9.28. The molecule has 3 nitrogen and oxygen atoms in total. The lowest BCUT2D eigenvalue weighted by molar-refractivity contribution is 0.140. The van der Waals surface area contributed by atoms with Crippen molar-refractivity contribution < 1.29 is 9.47 Å². The Balaban J connectivity index is 2.18. The van der Waals surface area contributed by atoms with E-state index < -0.39 is 0 Å². The van der Waals surface area contributed by atoms with Crippen LogP contribution < -0.4 is 10.5 Å². The lowest BCUT2D eigenvalue weighted by Gasteiger charge is -2.17. The van der Waals surface area contributed by atoms with Crippen molar-refractivity contribution in [2.24, 2.45) is 5.73 Å². The zero-order valence-corrected chi connectivity index (χ0v) is 10.0. The average Bonchev–Trinajstić information content (AvgIpc) is 2.73. The number of benzene rings is 1. The van der Waals surface area contributed by atoms with Crippen molar-refractivity contribution in [3.63, 3.8) is 0 Å². The fourth-order valence-corrected chi connectivity index (χ4v) is 1.95. The highest BCUT2D eigenvalue weighted by atomic mass is 35.5. The fourth-order valence-electron chi connectivity index (χ4n) is 1.77. The van der Waals surface area contributed by atoms with E-state index in [1.54, 1.807) is 0 Å². The van der Waals surface area contributed by atoms with Crippen LogP contribution in [-0.2, 0) is 4.74 Å². The third-order valence-corrected chi connectivity index (χ3v) is 2.88. The van der Waals surface area contributed by atoms with Crippen molar-refractivity contribution in [3.05, 3.63) is 28.8 Å². The summed E-state index contributed by atoms with van der Waals surface area (Å²) in [5.74, 6) is 0.815. The number of hydrogen-bond acceptors (Lipinski definition) is 3. The molecule has 1 aromatic rings. The average molecular weight is 242 g/mol. The lowest BCUT2D eigenvalue weighted by Crippen LogP contribution is -2.18. The monoisotopic (exact) mass is 241 g/mol. The van der Waals surface area contributed by atoms with Gasteiger partial charge in [-0.2, -0.15) is 0 Å². The molecular weight excluding hydrogens is 226 g/mol. The number of ether oxygens (including phenoxy) is 2. The third kappa shape index (κ3) is 2.67. The van der Waals surface area contributed by atoms with Gasteiger partial charge in [-0.25, -0.2) is 0 Å². The number of rotatable bonds is 3. The first-order valence-corrected chi connectivity index (χ1v) is 5.84. The molecule has 1 fully saturated rings. The van der Waals surface area contributed by atoms with Crippen molar-refractivity contribution in [2.45, 2.75) is 25.5 Å². The van der Waals surface area contributed by atoms with Gasteiger partial charge in [-0.15, -0.1) is 0 Å². The van der Waals surface area contributed by atoms with Crippen LogP contribution in [0.3, 0.4) is 0 Å².